The molecule has 1 aromatic rings. The predicted octanol–water partition coefficient (Wildman–Crippen LogP) is 0.933. The maximum atomic E-state index is 13.1. The predicted molar refractivity (Wildman–Crippen MR) is 62.1 cm³/mol. The maximum Gasteiger partial charge on any atom is 0.335 e. The summed E-state index contributed by atoms with van der Waals surface area (Å²) in [5.41, 5.74) is -0.264. The number of nitrogens with one attached hydrogen (secondary N) is 1. The van der Waals surface area contributed by atoms with Gasteiger partial charge in [-0.1, -0.05) is 0 Å². The Bertz CT molecular complexity index is 525. The number of carboxylic acid groups (broad SMARTS) is 1. The molecule has 0 saturated heterocycles. The Morgan fingerprint density at radius 1 is 1.42 bits per heavy atom. The lowest BCUT2D eigenvalue weighted by atomic mass is 10.2. The minimum absolute atomic E-state index is 0.0483. The van der Waals surface area contributed by atoms with Crippen molar-refractivity contribution in [1.82, 2.24) is 5.32 Å². The molecule has 1 amide bonds. The molecule has 0 atom stereocenters. The third-order valence-corrected chi connectivity index (χ3v) is 2.05. The molecule has 7 heteroatoms. The zero-order valence-electron chi connectivity index (χ0n) is 9.85. The fourth-order valence-electron chi connectivity index (χ4n) is 1.23. The summed E-state index contributed by atoms with van der Waals surface area (Å²) in [6, 6.07) is 4.80. The summed E-state index contributed by atoms with van der Waals surface area (Å²) in [5, 5.41) is 19.4. The highest BCUT2D eigenvalue weighted by Crippen LogP contribution is 2.16. The summed E-state index contributed by atoms with van der Waals surface area (Å²) in [5.74, 6) is -2.58. The molecule has 0 aliphatic carbocycles. The number of rotatable bonds is 6. The second-order valence-electron chi connectivity index (χ2n) is 3.53. The molecule has 0 aliphatic rings. The average molecular weight is 266 g/mol. The summed E-state index contributed by atoms with van der Waals surface area (Å²) in [7, 11) is 0. The molecule has 0 bridgehead atoms. The molecule has 0 unspecified atom stereocenters. The number of hydrogen-bond donors (Lipinski definition) is 2. The first kappa shape index (κ1) is 14.4. The summed E-state index contributed by atoms with van der Waals surface area (Å²) in [6.45, 7) is -0.184. The van der Waals surface area contributed by atoms with Gasteiger partial charge in [0.25, 0.3) is 5.91 Å². The van der Waals surface area contributed by atoms with Gasteiger partial charge in [-0.25, -0.2) is 9.18 Å². The third-order valence-electron chi connectivity index (χ3n) is 2.05. The Morgan fingerprint density at radius 3 is 2.79 bits per heavy atom. The van der Waals surface area contributed by atoms with E-state index in [1.807, 2.05) is 6.07 Å². The van der Waals surface area contributed by atoms with E-state index in [4.69, 9.17) is 15.1 Å². The summed E-state index contributed by atoms with van der Waals surface area (Å²) < 4.78 is 18.1. The fraction of sp³-hybridized carbons (Fsp3) is 0.250. The molecule has 0 spiro atoms. The Labute approximate surface area is 108 Å². The minimum atomic E-state index is -1.29. The number of aromatic carboxylic acids is 1. The summed E-state index contributed by atoms with van der Waals surface area (Å²) in [6.07, 6.45) is 0.175. The van der Waals surface area contributed by atoms with E-state index >= 15 is 0 Å². The van der Waals surface area contributed by atoms with Crippen LogP contribution in [0.25, 0.3) is 0 Å². The van der Waals surface area contributed by atoms with E-state index in [1.54, 1.807) is 0 Å². The van der Waals surface area contributed by atoms with Crippen LogP contribution in [0.5, 0.6) is 5.75 Å². The molecular formula is C12H11FN2O4. The van der Waals surface area contributed by atoms with Crippen LogP contribution >= 0.6 is 0 Å². The number of nitrogens with zero attached hydrogens (tertiary/aromatic N) is 1. The molecule has 2 N–H and O–H groups in total. The van der Waals surface area contributed by atoms with Crippen molar-refractivity contribution in [2.45, 2.75) is 6.42 Å². The second kappa shape index (κ2) is 6.96. The van der Waals surface area contributed by atoms with E-state index in [1.165, 1.54) is 0 Å². The largest absolute Gasteiger partial charge is 0.484 e. The van der Waals surface area contributed by atoms with Gasteiger partial charge in [-0.3, -0.25) is 4.79 Å². The van der Waals surface area contributed by atoms with Gasteiger partial charge in [-0.15, -0.1) is 0 Å². The average Bonchev–Trinajstić information content (AvgIpc) is 2.36. The lowest BCUT2D eigenvalue weighted by Crippen LogP contribution is -2.29. The van der Waals surface area contributed by atoms with Crippen LogP contribution in [0.2, 0.25) is 0 Å². The molecule has 0 fully saturated rings. The lowest BCUT2D eigenvalue weighted by molar-refractivity contribution is -0.123. The number of amides is 1. The summed E-state index contributed by atoms with van der Waals surface area (Å²) in [4.78, 5) is 21.9. The molecule has 0 heterocycles. The van der Waals surface area contributed by atoms with E-state index in [-0.39, 0.29) is 30.9 Å². The monoisotopic (exact) mass is 266 g/mol. The second-order valence-corrected chi connectivity index (χ2v) is 3.53. The van der Waals surface area contributed by atoms with Crippen molar-refractivity contribution < 1.29 is 23.8 Å². The molecule has 6 nitrogen and oxygen atoms in total. The minimum Gasteiger partial charge on any atom is -0.484 e. The van der Waals surface area contributed by atoms with Gasteiger partial charge in [-0.2, -0.15) is 5.26 Å². The molecule has 1 aromatic carbocycles. The van der Waals surface area contributed by atoms with E-state index in [2.05, 4.69) is 5.32 Å². The van der Waals surface area contributed by atoms with Crippen molar-refractivity contribution in [3.63, 3.8) is 0 Å². The molecule has 19 heavy (non-hydrogen) atoms. The molecule has 1 rings (SSSR count). The zero-order valence-corrected chi connectivity index (χ0v) is 9.85. The number of carbonyl (C=O) groups is 2. The Morgan fingerprint density at radius 2 is 2.16 bits per heavy atom. The molecule has 100 valence electrons. The van der Waals surface area contributed by atoms with Gasteiger partial charge in [-0.05, 0) is 12.1 Å². The van der Waals surface area contributed by atoms with Gasteiger partial charge < -0.3 is 15.2 Å². The van der Waals surface area contributed by atoms with Crippen LogP contribution in [0.15, 0.2) is 18.2 Å². The number of halogens is 1. The standard InChI is InChI=1S/C12H11FN2O4/c13-9-4-8(12(17)18)5-10(6-9)19-7-11(16)15-3-1-2-14/h4-6H,1,3,7H2,(H,15,16)(H,17,18). The smallest absolute Gasteiger partial charge is 0.335 e. The Balaban J connectivity index is 2.56. The van der Waals surface area contributed by atoms with Gasteiger partial charge >= 0.3 is 5.97 Å². The van der Waals surface area contributed by atoms with E-state index < -0.39 is 17.7 Å². The van der Waals surface area contributed by atoms with Crippen LogP contribution < -0.4 is 10.1 Å². The molecule has 0 aliphatic heterocycles. The van der Waals surface area contributed by atoms with E-state index in [0.29, 0.717) is 0 Å². The lowest BCUT2D eigenvalue weighted by Gasteiger charge is -2.07. The Kier molecular flexibility index (Phi) is 5.29. The van der Waals surface area contributed by atoms with Crippen molar-refractivity contribution in [1.29, 1.82) is 5.26 Å². The van der Waals surface area contributed by atoms with Crippen molar-refractivity contribution in [3.05, 3.63) is 29.6 Å². The molecule has 0 radical (unpaired) electrons. The number of carbonyl (C=O) groups excluding carboxylic acids is 1. The van der Waals surface area contributed by atoms with Gasteiger partial charge in [0.2, 0.25) is 0 Å². The first-order valence-corrected chi connectivity index (χ1v) is 5.33. The van der Waals surface area contributed by atoms with E-state index in [0.717, 1.165) is 18.2 Å². The first-order chi connectivity index (χ1) is 9.02. The number of carboxylic acids is 1. The maximum absolute atomic E-state index is 13.1. The highest BCUT2D eigenvalue weighted by molar-refractivity contribution is 5.88. The van der Waals surface area contributed by atoms with Crippen LogP contribution in [0.4, 0.5) is 4.39 Å². The van der Waals surface area contributed by atoms with Gasteiger partial charge in [0.05, 0.1) is 18.1 Å². The van der Waals surface area contributed by atoms with Crippen molar-refractivity contribution in [3.8, 4) is 11.8 Å². The quantitative estimate of drug-likeness (QED) is 0.746. The molecule has 0 saturated carbocycles. The highest BCUT2D eigenvalue weighted by Gasteiger charge is 2.09. The van der Waals surface area contributed by atoms with Gasteiger partial charge in [0, 0.05) is 12.6 Å². The number of benzene rings is 1. The van der Waals surface area contributed by atoms with Crippen LogP contribution in [-0.4, -0.2) is 30.1 Å². The normalized spacial score (nSPS) is 9.47. The zero-order chi connectivity index (χ0) is 14.3. The van der Waals surface area contributed by atoms with E-state index in [9.17, 15) is 14.0 Å². The van der Waals surface area contributed by atoms with Crippen molar-refractivity contribution >= 4 is 11.9 Å². The van der Waals surface area contributed by atoms with Crippen LogP contribution in [0, 0.1) is 17.1 Å². The Hall–Kier alpha value is -2.62. The fourth-order valence-corrected chi connectivity index (χ4v) is 1.23. The third kappa shape index (κ3) is 5.04. The number of hydrogen-bond acceptors (Lipinski definition) is 4. The van der Waals surface area contributed by atoms with Gasteiger partial charge in [0.15, 0.2) is 6.61 Å². The number of nitriles is 1. The number of ether oxygens (including phenoxy) is 1. The van der Waals surface area contributed by atoms with Crippen molar-refractivity contribution in [2.24, 2.45) is 0 Å². The van der Waals surface area contributed by atoms with Crippen molar-refractivity contribution in [2.75, 3.05) is 13.2 Å². The SMILES string of the molecule is N#CCCNC(=O)COc1cc(F)cc(C(=O)O)c1. The molecular weight excluding hydrogens is 255 g/mol. The van der Waals surface area contributed by atoms with Crippen LogP contribution in [0.3, 0.4) is 0 Å². The van der Waals surface area contributed by atoms with Crippen LogP contribution in [0.1, 0.15) is 16.8 Å². The van der Waals surface area contributed by atoms with Crippen LogP contribution in [-0.2, 0) is 4.79 Å². The summed E-state index contributed by atoms with van der Waals surface area (Å²) >= 11 is 0. The highest BCUT2D eigenvalue weighted by atomic mass is 19.1. The van der Waals surface area contributed by atoms with Gasteiger partial charge in [0.1, 0.15) is 11.6 Å². The molecule has 0 aromatic heterocycles. The topological polar surface area (TPSA) is 99.4 Å². The first-order valence-electron chi connectivity index (χ1n) is 5.33.